The van der Waals surface area contributed by atoms with Gasteiger partial charge in [-0.2, -0.15) is 0 Å². The van der Waals surface area contributed by atoms with Crippen LogP contribution in [0.15, 0.2) is 23.2 Å². The highest BCUT2D eigenvalue weighted by Gasteiger charge is 2.18. The molecule has 0 fully saturated rings. The zero-order valence-electron chi connectivity index (χ0n) is 8.97. The maximum Gasteiger partial charge on any atom is 0.118 e. The topological polar surface area (TPSA) is 51.3 Å². The van der Waals surface area contributed by atoms with Gasteiger partial charge in [-0.05, 0) is 18.1 Å². The minimum absolute atomic E-state index is 0.101. The van der Waals surface area contributed by atoms with Crippen molar-refractivity contribution >= 4 is 16.8 Å². The molecule has 0 saturated heterocycles. The minimum atomic E-state index is 0.101. The van der Waals surface area contributed by atoms with Crippen molar-refractivity contribution in [2.45, 2.75) is 25.1 Å². The molecule has 80 valence electrons. The number of thioether (sulfide) groups is 1. The third-order valence-electron chi connectivity index (χ3n) is 2.26. The third-order valence-corrected chi connectivity index (χ3v) is 3.27. The number of nitrogens with two attached hydrogens (primary N) is 1. The molecule has 1 aromatic heterocycles. The molecule has 2 rings (SSSR count). The smallest absolute Gasteiger partial charge is 0.118 e. The van der Waals surface area contributed by atoms with Gasteiger partial charge in [0.05, 0.1) is 17.6 Å². The first-order chi connectivity index (χ1) is 7.16. The van der Waals surface area contributed by atoms with E-state index in [0.717, 1.165) is 16.4 Å². The van der Waals surface area contributed by atoms with Crippen LogP contribution >= 0.6 is 11.8 Å². The van der Waals surface area contributed by atoms with Crippen LogP contribution in [0.2, 0.25) is 0 Å². The molecule has 4 heteroatoms. The fourth-order valence-corrected chi connectivity index (χ4v) is 2.24. The number of rotatable bonds is 2. The van der Waals surface area contributed by atoms with E-state index in [1.807, 2.05) is 18.2 Å². The average Bonchev–Trinajstić information content (AvgIpc) is 2.65. The molecule has 0 aromatic carbocycles. The van der Waals surface area contributed by atoms with Crippen LogP contribution in [0.3, 0.4) is 0 Å². The highest BCUT2D eigenvalue weighted by atomic mass is 32.2. The molecule has 0 aliphatic carbocycles. The van der Waals surface area contributed by atoms with Crippen molar-refractivity contribution in [3.8, 4) is 0 Å². The monoisotopic (exact) mass is 221 g/mol. The fraction of sp³-hybridized carbons (Fsp3) is 0.455. The van der Waals surface area contributed by atoms with Gasteiger partial charge in [0.25, 0.3) is 0 Å². The van der Waals surface area contributed by atoms with Gasteiger partial charge in [0.2, 0.25) is 0 Å². The molecule has 1 aromatic rings. The van der Waals surface area contributed by atoms with Crippen LogP contribution in [-0.4, -0.2) is 21.9 Å². The predicted octanol–water partition coefficient (Wildman–Crippen LogP) is 1.98. The Morgan fingerprint density at radius 1 is 1.47 bits per heavy atom. The Bertz CT molecular complexity index is 387. The van der Waals surface area contributed by atoms with Crippen molar-refractivity contribution in [1.82, 2.24) is 4.98 Å². The maximum atomic E-state index is 5.78. The second-order valence-corrected chi connectivity index (χ2v) is 5.13. The molecule has 0 saturated carbocycles. The van der Waals surface area contributed by atoms with E-state index in [1.165, 1.54) is 0 Å². The zero-order valence-corrected chi connectivity index (χ0v) is 9.79. The Hall–Kier alpha value is -0.870. The van der Waals surface area contributed by atoms with Gasteiger partial charge in [-0.3, -0.25) is 9.98 Å². The van der Waals surface area contributed by atoms with Gasteiger partial charge in [0.15, 0.2) is 0 Å². The first kappa shape index (κ1) is 10.6. The van der Waals surface area contributed by atoms with Crippen molar-refractivity contribution in [2.75, 3.05) is 6.54 Å². The Kier molecular flexibility index (Phi) is 3.07. The summed E-state index contributed by atoms with van der Waals surface area (Å²) >= 11 is 1.60. The van der Waals surface area contributed by atoms with E-state index in [4.69, 9.17) is 5.73 Å². The maximum absolute atomic E-state index is 5.78. The second kappa shape index (κ2) is 4.33. The molecule has 15 heavy (non-hydrogen) atoms. The molecule has 0 amide bonds. The SMILES string of the molecule is CC(C)c1cccc(C2=NCC(N)S2)n1. The van der Waals surface area contributed by atoms with Crippen molar-refractivity contribution < 1.29 is 0 Å². The van der Waals surface area contributed by atoms with E-state index in [-0.39, 0.29) is 5.37 Å². The Morgan fingerprint density at radius 2 is 2.27 bits per heavy atom. The number of hydrogen-bond donors (Lipinski definition) is 1. The van der Waals surface area contributed by atoms with E-state index >= 15 is 0 Å². The van der Waals surface area contributed by atoms with E-state index in [0.29, 0.717) is 12.5 Å². The molecule has 0 spiro atoms. The molecular formula is C11H15N3S. The lowest BCUT2D eigenvalue weighted by molar-refractivity contribution is 0.821. The summed E-state index contributed by atoms with van der Waals surface area (Å²) in [6.07, 6.45) is 0. The summed E-state index contributed by atoms with van der Waals surface area (Å²) in [6.45, 7) is 4.98. The fourth-order valence-electron chi connectivity index (χ4n) is 1.42. The number of pyridine rings is 1. The Balaban J connectivity index is 2.26. The van der Waals surface area contributed by atoms with Crippen LogP contribution in [0.1, 0.15) is 31.2 Å². The first-order valence-corrected chi connectivity index (χ1v) is 5.99. The van der Waals surface area contributed by atoms with Crippen LogP contribution in [-0.2, 0) is 0 Å². The van der Waals surface area contributed by atoms with Gasteiger partial charge in [0.1, 0.15) is 5.04 Å². The lowest BCUT2D eigenvalue weighted by atomic mass is 10.1. The lowest BCUT2D eigenvalue weighted by Gasteiger charge is -2.06. The van der Waals surface area contributed by atoms with E-state index in [1.54, 1.807) is 11.8 Å². The van der Waals surface area contributed by atoms with Crippen molar-refractivity contribution in [1.29, 1.82) is 0 Å². The lowest BCUT2D eigenvalue weighted by Crippen LogP contribution is -2.15. The number of aliphatic imine (C=N–C) groups is 1. The van der Waals surface area contributed by atoms with E-state index in [2.05, 4.69) is 23.8 Å². The summed E-state index contributed by atoms with van der Waals surface area (Å²) < 4.78 is 0. The Labute approximate surface area is 94.2 Å². The molecule has 0 bridgehead atoms. The van der Waals surface area contributed by atoms with E-state index < -0.39 is 0 Å². The summed E-state index contributed by atoms with van der Waals surface area (Å²) in [4.78, 5) is 8.96. The van der Waals surface area contributed by atoms with Crippen LogP contribution in [0, 0.1) is 0 Å². The molecule has 1 aliphatic rings. The third kappa shape index (κ3) is 2.38. The van der Waals surface area contributed by atoms with E-state index in [9.17, 15) is 0 Å². The second-order valence-electron chi connectivity index (χ2n) is 3.90. The molecule has 2 heterocycles. The van der Waals surface area contributed by atoms with Crippen LogP contribution < -0.4 is 5.73 Å². The zero-order chi connectivity index (χ0) is 10.8. The summed E-state index contributed by atoms with van der Waals surface area (Å²) in [5.74, 6) is 0.450. The van der Waals surface area contributed by atoms with Crippen molar-refractivity contribution in [2.24, 2.45) is 10.7 Å². The van der Waals surface area contributed by atoms with Gasteiger partial charge in [-0.25, -0.2) is 0 Å². The number of aromatic nitrogens is 1. The summed E-state index contributed by atoms with van der Waals surface area (Å²) in [5, 5.41) is 1.08. The van der Waals surface area contributed by atoms with Crippen molar-refractivity contribution in [3.63, 3.8) is 0 Å². The molecular weight excluding hydrogens is 206 g/mol. The van der Waals surface area contributed by atoms with Gasteiger partial charge >= 0.3 is 0 Å². The summed E-state index contributed by atoms with van der Waals surface area (Å²) in [6, 6.07) is 6.08. The highest BCUT2D eigenvalue weighted by Crippen LogP contribution is 2.22. The Morgan fingerprint density at radius 3 is 2.87 bits per heavy atom. The highest BCUT2D eigenvalue weighted by molar-refractivity contribution is 8.15. The molecule has 2 N–H and O–H groups in total. The van der Waals surface area contributed by atoms with Crippen LogP contribution in [0.25, 0.3) is 0 Å². The predicted molar refractivity (Wildman–Crippen MR) is 65.3 cm³/mol. The van der Waals surface area contributed by atoms with Crippen LogP contribution in [0.4, 0.5) is 0 Å². The minimum Gasteiger partial charge on any atom is -0.317 e. The molecule has 0 radical (unpaired) electrons. The van der Waals surface area contributed by atoms with Gasteiger partial charge < -0.3 is 5.73 Å². The number of hydrogen-bond acceptors (Lipinski definition) is 4. The quantitative estimate of drug-likeness (QED) is 0.831. The summed E-state index contributed by atoms with van der Waals surface area (Å²) in [5.41, 5.74) is 7.85. The molecule has 3 nitrogen and oxygen atoms in total. The molecule has 1 unspecified atom stereocenters. The largest absolute Gasteiger partial charge is 0.317 e. The molecule has 1 atom stereocenters. The summed E-state index contributed by atoms with van der Waals surface area (Å²) in [7, 11) is 0. The van der Waals surface area contributed by atoms with Gasteiger partial charge in [-0.1, -0.05) is 31.7 Å². The average molecular weight is 221 g/mol. The molecule has 1 aliphatic heterocycles. The standard InChI is InChI=1S/C11H15N3S/c1-7(2)8-4-3-5-9(14-8)11-13-6-10(12)15-11/h3-5,7,10H,6,12H2,1-2H3. The first-order valence-electron chi connectivity index (χ1n) is 5.11. The van der Waals surface area contributed by atoms with Crippen molar-refractivity contribution in [3.05, 3.63) is 29.6 Å². The normalized spacial score (nSPS) is 20.8. The number of nitrogens with zero attached hydrogens (tertiary/aromatic N) is 2. The van der Waals surface area contributed by atoms with Gasteiger partial charge in [0, 0.05) is 5.69 Å². The van der Waals surface area contributed by atoms with Gasteiger partial charge in [-0.15, -0.1) is 0 Å². The van der Waals surface area contributed by atoms with Crippen LogP contribution in [0.5, 0.6) is 0 Å².